The standard InChI is InChI=1S/C9H14N2O7/c12-2-3-6(15)7(16)8(18-3)11-5(14)1-4(13)10-9(11)17/h3,5-8,12,14-16H,1-2H2,(H,10,13,17)/t3-,5?,6?,7?,8-/m0/s1. The van der Waals surface area contributed by atoms with Crippen LogP contribution in [-0.4, -0.2) is 74.6 Å². The lowest BCUT2D eigenvalue weighted by Crippen LogP contribution is -2.61. The molecule has 0 aromatic carbocycles. The van der Waals surface area contributed by atoms with Crippen molar-refractivity contribution < 1.29 is 34.8 Å². The number of urea groups is 1. The van der Waals surface area contributed by atoms with Gasteiger partial charge in [0.25, 0.3) is 0 Å². The number of ether oxygens (including phenoxy) is 1. The van der Waals surface area contributed by atoms with Crippen molar-refractivity contribution in [3.05, 3.63) is 0 Å². The quantitative estimate of drug-likeness (QED) is 0.351. The molecule has 2 fully saturated rings. The molecular formula is C9H14N2O7. The second-order valence-electron chi connectivity index (χ2n) is 4.17. The lowest BCUT2D eigenvalue weighted by atomic mass is 10.1. The molecule has 102 valence electrons. The molecule has 2 saturated heterocycles. The summed E-state index contributed by atoms with van der Waals surface area (Å²) < 4.78 is 5.09. The Morgan fingerprint density at radius 3 is 2.44 bits per heavy atom. The number of hydrogen-bond donors (Lipinski definition) is 5. The Bertz CT molecular complexity index is 363. The second kappa shape index (κ2) is 4.78. The smallest absolute Gasteiger partial charge is 0.328 e. The fraction of sp³-hybridized carbons (Fsp3) is 0.778. The zero-order valence-corrected chi connectivity index (χ0v) is 9.26. The molecule has 0 aromatic heterocycles. The maximum Gasteiger partial charge on any atom is 0.328 e. The number of rotatable bonds is 2. The third-order valence-corrected chi connectivity index (χ3v) is 2.96. The third-order valence-electron chi connectivity index (χ3n) is 2.96. The highest BCUT2D eigenvalue weighted by Gasteiger charge is 2.49. The van der Waals surface area contributed by atoms with Crippen LogP contribution in [0.15, 0.2) is 0 Å². The highest BCUT2D eigenvalue weighted by Crippen LogP contribution is 2.26. The predicted molar refractivity (Wildman–Crippen MR) is 53.8 cm³/mol. The molecule has 0 spiro atoms. The molecular weight excluding hydrogens is 248 g/mol. The van der Waals surface area contributed by atoms with Crippen LogP contribution in [0.5, 0.6) is 0 Å². The molecule has 2 aliphatic rings. The first-order valence-electron chi connectivity index (χ1n) is 5.38. The van der Waals surface area contributed by atoms with Crippen LogP contribution in [0, 0.1) is 0 Å². The van der Waals surface area contributed by atoms with E-state index in [1.807, 2.05) is 5.32 Å². The van der Waals surface area contributed by atoms with Crippen molar-refractivity contribution in [3.63, 3.8) is 0 Å². The van der Waals surface area contributed by atoms with Crippen molar-refractivity contribution in [2.45, 2.75) is 37.2 Å². The van der Waals surface area contributed by atoms with Gasteiger partial charge in [0, 0.05) is 0 Å². The molecule has 18 heavy (non-hydrogen) atoms. The SMILES string of the molecule is O=C1CC(O)N([C@H]2O[C@@H](CO)C(O)C2O)C(=O)N1. The summed E-state index contributed by atoms with van der Waals surface area (Å²) in [5, 5.41) is 39.8. The summed E-state index contributed by atoms with van der Waals surface area (Å²) in [6.45, 7) is -0.542. The monoisotopic (exact) mass is 262 g/mol. The van der Waals surface area contributed by atoms with Crippen LogP contribution in [0.1, 0.15) is 6.42 Å². The van der Waals surface area contributed by atoms with Crippen LogP contribution in [0.25, 0.3) is 0 Å². The van der Waals surface area contributed by atoms with Gasteiger partial charge < -0.3 is 25.2 Å². The zero-order chi connectivity index (χ0) is 13.4. The lowest BCUT2D eigenvalue weighted by molar-refractivity contribution is -0.150. The topological polar surface area (TPSA) is 140 Å². The normalized spacial score (nSPS) is 41.1. The van der Waals surface area contributed by atoms with Crippen LogP contribution in [0.4, 0.5) is 4.79 Å². The van der Waals surface area contributed by atoms with Crippen LogP contribution in [0.2, 0.25) is 0 Å². The van der Waals surface area contributed by atoms with Gasteiger partial charge in [0.2, 0.25) is 5.91 Å². The summed E-state index contributed by atoms with van der Waals surface area (Å²) in [5.41, 5.74) is 0. The predicted octanol–water partition coefficient (Wildman–Crippen LogP) is -3.31. The first kappa shape index (κ1) is 13.2. The maximum absolute atomic E-state index is 11.5. The average Bonchev–Trinajstić information content (AvgIpc) is 2.56. The van der Waals surface area contributed by atoms with Crippen LogP contribution in [-0.2, 0) is 9.53 Å². The van der Waals surface area contributed by atoms with E-state index in [1.54, 1.807) is 0 Å². The van der Waals surface area contributed by atoms with Crippen molar-refractivity contribution >= 4 is 11.9 Å². The maximum atomic E-state index is 11.5. The molecule has 0 aromatic rings. The minimum atomic E-state index is -1.48. The minimum absolute atomic E-state index is 0.349. The summed E-state index contributed by atoms with van der Waals surface area (Å²) in [7, 11) is 0. The van der Waals surface area contributed by atoms with Crippen LogP contribution < -0.4 is 5.32 Å². The van der Waals surface area contributed by atoms with Gasteiger partial charge in [-0.3, -0.25) is 15.0 Å². The first-order valence-corrected chi connectivity index (χ1v) is 5.38. The van der Waals surface area contributed by atoms with E-state index in [2.05, 4.69) is 0 Å². The summed E-state index contributed by atoms with van der Waals surface area (Å²) in [5.74, 6) is -0.643. The van der Waals surface area contributed by atoms with Gasteiger partial charge in [-0.05, 0) is 0 Å². The van der Waals surface area contributed by atoms with Gasteiger partial charge in [-0.1, -0.05) is 0 Å². The third kappa shape index (κ3) is 2.06. The minimum Gasteiger partial charge on any atom is -0.394 e. The molecule has 0 saturated carbocycles. The molecule has 2 heterocycles. The Balaban J connectivity index is 2.16. The number of nitrogens with one attached hydrogen (secondary N) is 1. The number of hydrogen-bond acceptors (Lipinski definition) is 7. The second-order valence-corrected chi connectivity index (χ2v) is 4.17. The lowest BCUT2D eigenvalue weighted by Gasteiger charge is -2.36. The Kier molecular flexibility index (Phi) is 3.50. The van der Waals surface area contributed by atoms with E-state index in [0.29, 0.717) is 0 Å². The fourth-order valence-electron chi connectivity index (χ4n) is 2.03. The van der Waals surface area contributed by atoms with Gasteiger partial charge in [0.15, 0.2) is 6.23 Å². The van der Waals surface area contributed by atoms with Crippen molar-refractivity contribution in [2.75, 3.05) is 6.61 Å². The molecule has 9 heteroatoms. The fourth-order valence-corrected chi connectivity index (χ4v) is 2.03. The molecule has 9 nitrogen and oxygen atoms in total. The summed E-state index contributed by atoms with van der Waals surface area (Å²) in [4.78, 5) is 23.3. The van der Waals surface area contributed by atoms with Gasteiger partial charge >= 0.3 is 6.03 Å². The Morgan fingerprint density at radius 2 is 1.94 bits per heavy atom. The van der Waals surface area contributed by atoms with Crippen molar-refractivity contribution in [1.82, 2.24) is 10.2 Å². The summed E-state index contributed by atoms with van der Waals surface area (Å²) >= 11 is 0. The van der Waals surface area contributed by atoms with E-state index in [9.17, 15) is 24.9 Å². The van der Waals surface area contributed by atoms with Gasteiger partial charge in [0.05, 0.1) is 13.0 Å². The van der Waals surface area contributed by atoms with Gasteiger partial charge in [0.1, 0.15) is 24.5 Å². The number of aliphatic hydroxyl groups is 4. The van der Waals surface area contributed by atoms with E-state index in [1.165, 1.54) is 0 Å². The Labute approximate surface area is 102 Å². The molecule has 3 unspecified atom stereocenters. The largest absolute Gasteiger partial charge is 0.394 e. The highest BCUT2D eigenvalue weighted by atomic mass is 16.6. The van der Waals surface area contributed by atoms with Gasteiger partial charge in [-0.15, -0.1) is 0 Å². The number of imide groups is 1. The molecule has 3 amide bonds. The zero-order valence-electron chi connectivity index (χ0n) is 9.26. The summed E-state index contributed by atoms with van der Waals surface area (Å²) in [6.07, 6.45) is -7.02. The number of carbonyl (C=O) groups is 2. The number of carbonyl (C=O) groups excluding carboxylic acids is 2. The van der Waals surface area contributed by atoms with E-state index < -0.39 is 49.3 Å². The highest BCUT2D eigenvalue weighted by molar-refractivity contribution is 5.97. The molecule has 0 radical (unpaired) electrons. The average molecular weight is 262 g/mol. The molecule has 2 rings (SSSR count). The molecule has 0 aliphatic carbocycles. The number of amides is 3. The van der Waals surface area contributed by atoms with Crippen molar-refractivity contribution in [3.8, 4) is 0 Å². The van der Waals surface area contributed by atoms with Gasteiger partial charge in [-0.25, -0.2) is 4.79 Å². The number of aliphatic hydroxyl groups excluding tert-OH is 4. The van der Waals surface area contributed by atoms with Crippen LogP contribution in [0.3, 0.4) is 0 Å². The number of nitrogens with zero attached hydrogens (tertiary/aromatic N) is 1. The van der Waals surface area contributed by atoms with E-state index in [-0.39, 0.29) is 6.42 Å². The molecule has 2 aliphatic heterocycles. The molecule has 5 N–H and O–H groups in total. The van der Waals surface area contributed by atoms with E-state index in [4.69, 9.17) is 9.84 Å². The van der Waals surface area contributed by atoms with Crippen molar-refractivity contribution in [2.24, 2.45) is 0 Å². The van der Waals surface area contributed by atoms with Gasteiger partial charge in [-0.2, -0.15) is 0 Å². The first-order chi connectivity index (χ1) is 8.45. The summed E-state index contributed by atoms with van der Waals surface area (Å²) in [6, 6.07) is -0.923. The molecule has 5 atom stereocenters. The molecule has 0 bridgehead atoms. The van der Waals surface area contributed by atoms with Crippen LogP contribution >= 0.6 is 0 Å². The Morgan fingerprint density at radius 1 is 1.28 bits per heavy atom. The van der Waals surface area contributed by atoms with E-state index in [0.717, 1.165) is 4.90 Å². The van der Waals surface area contributed by atoms with Crippen molar-refractivity contribution in [1.29, 1.82) is 0 Å². The Hall–Kier alpha value is -1.26. The van der Waals surface area contributed by atoms with E-state index >= 15 is 0 Å².